The van der Waals surface area contributed by atoms with Crippen LogP contribution in [0, 0.1) is 0 Å². The number of hydrogen-bond donors (Lipinski definition) is 1. The van der Waals surface area contributed by atoms with E-state index in [1.807, 2.05) is 0 Å². The first-order chi connectivity index (χ1) is 9.08. The van der Waals surface area contributed by atoms with Crippen molar-refractivity contribution in [1.29, 1.82) is 0 Å². The number of hydrogen-bond acceptors (Lipinski definition) is 6. The maximum atomic E-state index is 12.6. The SMILES string of the molecule is CN(c1cc(N)nc(C(F)(F)F)n1)C1CCS(=O)(=O)C1. The molecule has 1 aliphatic rings. The third-order valence-electron chi connectivity index (χ3n) is 3.10. The highest BCUT2D eigenvalue weighted by atomic mass is 32.2. The van der Waals surface area contributed by atoms with Gasteiger partial charge in [0.15, 0.2) is 9.84 Å². The minimum absolute atomic E-state index is 0.0225. The van der Waals surface area contributed by atoms with Crippen molar-refractivity contribution in [2.45, 2.75) is 18.6 Å². The van der Waals surface area contributed by atoms with Gasteiger partial charge in [0.05, 0.1) is 11.5 Å². The van der Waals surface area contributed by atoms with Gasteiger partial charge in [-0.05, 0) is 6.42 Å². The lowest BCUT2D eigenvalue weighted by molar-refractivity contribution is -0.144. The van der Waals surface area contributed by atoms with E-state index in [9.17, 15) is 21.6 Å². The molecule has 20 heavy (non-hydrogen) atoms. The summed E-state index contributed by atoms with van der Waals surface area (Å²) in [5.41, 5.74) is 5.35. The maximum absolute atomic E-state index is 12.6. The minimum Gasteiger partial charge on any atom is -0.384 e. The van der Waals surface area contributed by atoms with Gasteiger partial charge in [-0.3, -0.25) is 0 Å². The number of anilines is 2. The van der Waals surface area contributed by atoms with Gasteiger partial charge in [-0.15, -0.1) is 0 Å². The van der Waals surface area contributed by atoms with Crippen molar-refractivity contribution >= 4 is 21.5 Å². The van der Waals surface area contributed by atoms with Gasteiger partial charge in [-0.1, -0.05) is 0 Å². The van der Waals surface area contributed by atoms with Crippen molar-refractivity contribution in [2.24, 2.45) is 0 Å². The average Bonchev–Trinajstić information content (AvgIpc) is 2.67. The Morgan fingerprint density at radius 3 is 2.55 bits per heavy atom. The van der Waals surface area contributed by atoms with Crippen LogP contribution in [-0.4, -0.2) is 43.0 Å². The standard InChI is InChI=1S/C10H13F3N4O2S/c1-17(6-2-3-20(18,19)5-6)8-4-7(14)15-9(16-8)10(11,12)13/h4,6H,2-3,5H2,1H3,(H2,14,15,16). The largest absolute Gasteiger partial charge is 0.451 e. The van der Waals surface area contributed by atoms with Crippen LogP contribution in [0.3, 0.4) is 0 Å². The molecule has 2 N–H and O–H groups in total. The van der Waals surface area contributed by atoms with Gasteiger partial charge in [-0.2, -0.15) is 13.2 Å². The molecule has 0 bridgehead atoms. The Kier molecular flexibility index (Phi) is 3.53. The summed E-state index contributed by atoms with van der Waals surface area (Å²) < 4.78 is 60.7. The van der Waals surface area contributed by atoms with Crippen LogP contribution < -0.4 is 10.6 Å². The average molecular weight is 310 g/mol. The van der Waals surface area contributed by atoms with Crippen LogP contribution in [-0.2, 0) is 16.0 Å². The number of nitrogen functional groups attached to an aromatic ring is 1. The van der Waals surface area contributed by atoms with Crippen molar-refractivity contribution in [3.05, 3.63) is 11.9 Å². The van der Waals surface area contributed by atoms with Crippen molar-refractivity contribution in [2.75, 3.05) is 29.2 Å². The first kappa shape index (κ1) is 14.8. The van der Waals surface area contributed by atoms with Crippen molar-refractivity contribution in [1.82, 2.24) is 9.97 Å². The molecular weight excluding hydrogens is 297 g/mol. The Morgan fingerprint density at radius 1 is 1.40 bits per heavy atom. The molecule has 1 unspecified atom stereocenters. The molecule has 1 atom stereocenters. The molecule has 1 aromatic rings. The highest BCUT2D eigenvalue weighted by Gasteiger charge is 2.37. The Hall–Kier alpha value is -1.58. The monoisotopic (exact) mass is 310 g/mol. The topological polar surface area (TPSA) is 89.2 Å². The summed E-state index contributed by atoms with van der Waals surface area (Å²) in [5.74, 6) is -1.76. The van der Waals surface area contributed by atoms with Crippen molar-refractivity contribution in [3.8, 4) is 0 Å². The number of sulfone groups is 1. The number of halogens is 3. The van der Waals surface area contributed by atoms with Crippen LogP contribution in [0.2, 0.25) is 0 Å². The van der Waals surface area contributed by atoms with E-state index in [0.717, 1.165) is 0 Å². The summed E-state index contributed by atoms with van der Waals surface area (Å²) in [7, 11) is -1.64. The van der Waals surface area contributed by atoms with Crippen LogP contribution in [0.1, 0.15) is 12.2 Å². The van der Waals surface area contributed by atoms with Crippen molar-refractivity contribution < 1.29 is 21.6 Å². The lowest BCUT2D eigenvalue weighted by Gasteiger charge is -2.25. The van der Waals surface area contributed by atoms with Crippen LogP contribution in [0.15, 0.2) is 6.07 Å². The number of nitrogens with two attached hydrogens (primary N) is 1. The second kappa shape index (κ2) is 4.76. The number of aromatic nitrogens is 2. The molecule has 0 aliphatic carbocycles. The van der Waals surface area contributed by atoms with E-state index in [4.69, 9.17) is 5.73 Å². The summed E-state index contributed by atoms with van der Waals surface area (Å²) in [5, 5.41) is 0. The number of alkyl halides is 3. The fraction of sp³-hybridized carbons (Fsp3) is 0.600. The summed E-state index contributed by atoms with van der Waals surface area (Å²) in [6.45, 7) is 0. The Morgan fingerprint density at radius 2 is 2.05 bits per heavy atom. The fourth-order valence-electron chi connectivity index (χ4n) is 2.03. The van der Waals surface area contributed by atoms with Crippen LogP contribution in [0.4, 0.5) is 24.8 Å². The third-order valence-corrected chi connectivity index (χ3v) is 4.85. The van der Waals surface area contributed by atoms with Gasteiger partial charge in [0.25, 0.3) is 0 Å². The molecule has 0 saturated carbocycles. The smallest absolute Gasteiger partial charge is 0.384 e. The summed E-state index contributed by atoms with van der Waals surface area (Å²) in [4.78, 5) is 7.95. The van der Waals surface area contributed by atoms with Crippen LogP contribution >= 0.6 is 0 Å². The van der Waals surface area contributed by atoms with Crippen molar-refractivity contribution in [3.63, 3.8) is 0 Å². The fourth-order valence-corrected chi connectivity index (χ4v) is 3.80. The highest BCUT2D eigenvalue weighted by Crippen LogP contribution is 2.29. The molecule has 1 aliphatic heterocycles. The number of nitrogens with zero attached hydrogens (tertiary/aromatic N) is 3. The first-order valence-electron chi connectivity index (χ1n) is 5.73. The van der Waals surface area contributed by atoms with E-state index >= 15 is 0 Å². The Balaban J connectivity index is 2.31. The van der Waals surface area contributed by atoms with Gasteiger partial charge in [0.1, 0.15) is 11.6 Å². The zero-order valence-corrected chi connectivity index (χ0v) is 11.4. The second-order valence-electron chi connectivity index (χ2n) is 4.64. The Labute approximate surface area is 113 Å². The zero-order chi connectivity index (χ0) is 15.1. The lowest BCUT2D eigenvalue weighted by atomic mass is 10.2. The van der Waals surface area contributed by atoms with Gasteiger partial charge >= 0.3 is 6.18 Å². The quantitative estimate of drug-likeness (QED) is 0.865. The second-order valence-corrected chi connectivity index (χ2v) is 6.87. The van der Waals surface area contributed by atoms with Crippen LogP contribution in [0.5, 0.6) is 0 Å². The molecule has 0 spiro atoms. The van der Waals surface area contributed by atoms with E-state index in [-0.39, 0.29) is 23.1 Å². The molecule has 0 radical (unpaired) electrons. The van der Waals surface area contributed by atoms with Gasteiger partial charge in [-0.25, -0.2) is 18.4 Å². The highest BCUT2D eigenvalue weighted by molar-refractivity contribution is 7.91. The molecule has 1 saturated heterocycles. The van der Waals surface area contributed by atoms with Gasteiger partial charge < -0.3 is 10.6 Å². The molecule has 6 nitrogen and oxygen atoms in total. The summed E-state index contributed by atoms with van der Waals surface area (Å²) in [6.07, 6.45) is -4.35. The van der Waals surface area contributed by atoms with Gasteiger partial charge in [0.2, 0.25) is 5.82 Å². The Bertz CT molecular complexity index is 617. The third kappa shape index (κ3) is 3.11. The maximum Gasteiger partial charge on any atom is 0.451 e. The van der Waals surface area contributed by atoms with E-state index in [0.29, 0.717) is 6.42 Å². The molecule has 112 valence electrons. The first-order valence-corrected chi connectivity index (χ1v) is 7.55. The molecule has 10 heteroatoms. The minimum atomic E-state index is -4.70. The molecule has 1 fully saturated rings. The zero-order valence-electron chi connectivity index (χ0n) is 10.6. The molecule has 2 heterocycles. The predicted octanol–water partition coefficient (Wildman–Crippen LogP) is 0.701. The molecule has 1 aromatic heterocycles. The molecule has 2 rings (SSSR count). The van der Waals surface area contributed by atoms with E-state index in [1.165, 1.54) is 18.0 Å². The van der Waals surface area contributed by atoms with Crippen LogP contribution in [0.25, 0.3) is 0 Å². The lowest BCUT2D eigenvalue weighted by Crippen LogP contribution is -2.33. The normalized spacial score (nSPS) is 21.9. The van der Waals surface area contributed by atoms with E-state index in [2.05, 4.69) is 9.97 Å². The molecule has 0 amide bonds. The summed E-state index contributed by atoms with van der Waals surface area (Å²) >= 11 is 0. The van der Waals surface area contributed by atoms with E-state index < -0.39 is 27.9 Å². The molecular formula is C10H13F3N4O2S. The molecule has 0 aromatic carbocycles. The van der Waals surface area contributed by atoms with E-state index in [1.54, 1.807) is 0 Å². The predicted molar refractivity (Wildman–Crippen MR) is 66.9 cm³/mol. The van der Waals surface area contributed by atoms with Gasteiger partial charge in [0, 0.05) is 19.2 Å². The summed E-state index contributed by atoms with van der Waals surface area (Å²) in [6, 6.07) is 0.788. The number of rotatable bonds is 2.